The molecule has 0 spiro atoms. The van der Waals surface area contributed by atoms with Crippen LogP contribution in [-0.4, -0.2) is 41.0 Å². The summed E-state index contributed by atoms with van der Waals surface area (Å²) in [6, 6.07) is 10.9. The molecule has 2 N–H and O–H groups in total. The van der Waals surface area contributed by atoms with Crippen molar-refractivity contribution in [1.29, 1.82) is 0 Å². The number of H-pyrrole nitrogens is 1. The molecule has 0 atom stereocenters. The zero-order chi connectivity index (χ0) is 25.2. The number of hydrogen-bond acceptors (Lipinski definition) is 8. The van der Waals surface area contributed by atoms with Crippen molar-refractivity contribution in [2.24, 2.45) is 0 Å². The molecule has 3 aromatic heterocycles. The van der Waals surface area contributed by atoms with Gasteiger partial charge in [-0.1, -0.05) is 24.6 Å². The smallest absolute Gasteiger partial charge is 0.334 e. The van der Waals surface area contributed by atoms with Gasteiger partial charge in [-0.05, 0) is 48.4 Å². The number of aromatic nitrogens is 3. The molecule has 3 heterocycles. The highest BCUT2D eigenvalue weighted by Gasteiger charge is 2.21. The number of carbonyl (C=O) groups is 1. The SMILES string of the molecule is CCCNc1ccc2c(=O)n(-c3ccc(CC(=O)CS(=O)(=O)c4ccc(Cl)s4)cn3)c(=O)[nH]c2c1. The summed E-state index contributed by atoms with van der Waals surface area (Å²) < 4.78 is 26.0. The fraction of sp³-hybridized carbons (Fsp3) is 0.217. The summed E-state index contributed by atoms with van der Waals surface area (Å²) >= 11 is 6.68. The molecule has 0 aliphatic heterocycles. The molecule has 0 unspecified atom stereocenters. The average molecular weight is 533 g/mol. The van der Waals surface area contributed by atoms with Crippen molar-refractivity contribution in [1.82, 2.24) is 14.5 Å². The van der Waals surface area contributed by atoms with E-state index in [1.54, 1.807) is 18.2 Å². The predicted octanol–water partition coefficient (Wildman–Crippen LogP) is 3.20. The Morgan fingerprint density at radius 1 is 1.17 bits per heavy atom. The maximum Gasteiger partial charge on any atom is 0.334 e. The maximum absolute atomic E-state index is 13.0. The van der Waals surface area contributed by atoms with E-state index in [0.717, 1.165) is 34.6 Å². The van der Waals surface area contributed by atoms with Gasteiger partial charge in [0.05, 0.1) is 15.2 Å². The number of Topliss-reactive ketones (excluding diaryl/α,β-unsaturated/α-hetero) is 1. The van der Waals surface area contributed by atoms with Crippen molar-refractivity contribution in [2.75, 3.05) is 17.6 Å². The van der Waals surface area contributed by atoms with E-state index >= 15 is 0 Å². The van der Waals surface area contributed by atoms with E-state index < -0.39 is 32.6 Å². The summed E-state index contributed by atoms with van der Waals surface area (Å²) in [6.07, 6.45) is 2.11. The second-order valence-electron chi connectivity index (χ2n) is 7.82. The normalized spacial score (nSPS) is 11.6. The van der Waals surface area contributed by atoms with Crippen LogP contribution in [0.4, 0.5) is 5.69 Å². The number of pyridine rings is 1. The number of benzene rings is 1. The van der Waals surface area contributed by atoms with Gasteiger partial charge in [0.2, 0.25) is 0 Å². The first kappa shape index (κ1) is 24.8. The van der Waals surface area contributed by atoms with Crippen LogP contribution in [0.1, 0.15) is 18.9 Å². The Kier molecular flexibility index (Phi) is 7.20. The zero-order valence-electron chi connectivity index (χ0n) is 18.6. The number of ketones is 1. The third-order valence-corrected chi connectivity index (χ3v) is 8.61. The van der Waals surface area contributed by atoms with E-state index in [2.05, 4.69) is 15.3 Å². The lowest BCUT2D eigenvalue weighted by Crippen LogP contribution is -2.34. The number of aromatic amines is 1. The van der Waals surface area contributed by atoms with Gasteiger partial charge in [0.1, 0.15) is 15.8 Å². The molecule has 0 bridgehead atoms. The lowest BCUT2D eigenvalue weighted by molar-refractivity contribution is -0.116. The molecule has 4 rings (SSSR count). The topological polar surface area (TPSA) is 131 Å². The van der Waals surface area contributed by atoms with Crippen molar-refractivity contribution < 1.29 is 13.2 Å². The number of thiophene rings is 1. The number of hydrogen-bond donors (Lipinski definition) is 2. The number of carbonyl (C=O) groups excluding carboxylic acids is 1. The van der Waals surface area contributed by atoms with Gasteiger partial charge in [0.25, 0.3) is 5.56 Å². The van der Waals surface area contributed by atoms with Gasteiger partial charge in [-0.2, -0.15) is 0 Å². The quantitative estimate of drug-likeness (QED) is 0.338. The predicted molar refractivity (Wildman–Crippen MR) is 137 cm³/mol. The fourth-order valence-electron chi connectivity index (χ4n) is 3.49. The van der Waals surface area contributed by atoms with Crippen LogP contribution in [0.2, 0.25) is 4.34 Å². The minimum atomic E-state index is -3.78. The van der Waals surface area contributed by atoms with E-state index in [1.165, 1.54) is 30.5 Å². The Balaban J connectivity index is 1.54. The van der Waals surface area contributed by atoms with Crippen LogP contribution in [0.25, 0.3) is 16.7 Å². The molecule has 0 aliphatic rings. The van der Waals surface area contributed by atoms with Crippen LogP contribution >= 0.6 is 22.9 Å². The minimum Gasteiger partial charge on any atom is -0.385 e. The van der Waals surface area contributed by atoms with E-state index in [0.29, 0.717) is 20.8 Å². The Hall–Kier alpha value is -3.28. The van der Waals surface area contributed by atoms with Crippen molar-refractivity contribution in [3.63, 3.8) is 0 Å². The number of sulfone groups is 1. The second kappa shape index (κ2) is 10.1. The van der Waals surface area contributed by atoms with Gasteiger partial charge in [-0.15, -0.1) is 11.3 Å². The van der Waals surface area contributed by atoms with Crippen LogP contribution in [-0.2, 0) is 21.1 Å². The van der Waals surface area contributed by atoms with Gasteiger partial charge < -0.3 is 10.3 Å². The molecule has 1 aromatic carbocycles. The first-order valence-electron chi connectivity index (χ1n) is 10.7. The van der Waals surface area contributed by atoms with E-state index in [4.69, 9.17) is 11.6 Å². The largest absolute Gasteiger partial charge is 0.385 e. The number of fused-ring (bicyclic) bond motifs is 1. The van der Waals surface area contributed by atoms with E-state index in [-0.39, 0.29) is 16.4 Å². The molecular formula is C23H21ClN4O5S2. The molecule has 0 radical (unpaired) electrons. The number of halogens is 1. The summed E-state index contributed by atoms with van der Waals surface area (Å²) in [7, 11) is -3.78. The molecule has 0 saturated carbocycles. The third kappa shape index (κ3) is 5.53. The van der Waals surface area contributed by atoms with Crippen molar-refractivity contribution in [3.8, 4) is 5.82 Å². The summed E-state index contributed by atoms with van der Waals surface area (Å²) in [5, 5.41) is 3.53. The molecule has 35 heavy (non-hydrogen) atoms. The number of nitrogens with one attached hydrogen (secondary N) is 2. The molecule has 12 heteroatoms. The lowest BCUT2D eigenvalue weighted by Gasteiger charge is -2.09. The zero-order valence-corrected chi connectivity index (χ0v) is 21.0. The summed E-state index contributed by atoms with van der Waals surface area (Å²) in [6.45, 7) is 2.80. The van der Waals surface area contributed by atoms with Crippen LogP contribution in [0.3, 0.4) is 0 Å². The maximum atomic E-state index is 13.0. The first-order valence-corrected chi connectivity index (χ1v) is 13.5. The molecule has 4 aromatic rings. The molecule has 0 amide bonds. The standard InChI is InChI=1S/C23H21ClN4O5S2/c1-2-9-25-15-4-5-17-18(11-15)27-23(31)28(22(17)30)20-7-3-14(12-26-20)10-16(29)13-35(32,33)21-8-6-19(24)34-21/h3-8,11-12,25H,2,9-10,13H2,1H3,(H,27,31). The molecule has 182 valence electrons. The molecular weight excluding hydrogens is 512 g/mol. The van der Waals surface area contributed by atoms with Gasteiger partial charge >= 0.3 is 5.69 Å². The highest BCUT2D eigenvalue weighted by molar-refractivity contribution is 7.94. The van der Waals surface area contributed by atoms with Crippen molar-refractivity contribution in [3.05, 3.63) is 79.4 Å². The van der Waals surface area contributed by atoms with Crippen LogP contribution in [0.15, 0.2) is 62.5 Å². The van der Waals surface area contributed by atoms with Crippen LogP contribution < -0.4 is 16.6 Å². The van der Waals surface area contributed by atoms with E-state index in [9.17, 15) is 22.8 Å². The molecule has 0 aliphatic carbocycles. The van der Waals surface area contributed by atoms with Gasteiger partial charge in [0.15, 0.2) is 15.6 Å². The highest BCUT2D eigenvalue weighted by atomic mass is 35.5. The van der Waals surface area contributed by atoms with Crippen molar-refractivity contribution in [2.45, 2.75) is 24.0 Å². The Labute approximate surface area is 209 Å². The van der Waals surface area contributed by atoms with Crippen molar-refractivity contribution >= 4 is 55.1 Å². The minimum absolute atomic E-state index is 0.0347. The van der Waals surface area contributed by atoms with E-state index in [1.807, 2.05) is 6.92 Å². The summed E-state index contributed by atoms with van der Waals surface area (Å²) in [5.74, 6) is -1.09. The Bertz CT molecular complexity index is 1620. The number of rotatable bonds is 9. The fourth-order valence-corrected chi connectivity index (χ4v) is 6.30. The third-order valence-electron chi connectivity index (χ3n) is 5.12. The molecule has 9 nitrogen and oxygen atoms in total. The highest BCUT2D eigenvalue weighted by Crippen LogP contribution is 2.26. The average Bonchev–Trinajstić information content (AvgIpc) is 3.25. The monoisotopic (exact) mass is 532 g/mol. The summed E-state index contributed by atoms with van der Waals surface area (Å²) in [5.41, 5.74) is 0.487. The van der Waals surface area contributed by atoms with Gasteiger partial charge in [-0.3, -0.25) is 9.59 Å². The second-order valence-corrected chi connectivity index (χ2v) is 11.7. The van der Waals surface area contributed by atoms with Crippen LogP contribution in [0.5, 0.6) is 0 Å². The summed E-state index contributed by atoms with van der Waals surface area (Å²) in [4.78, 5) is 44.9. The molecule has 0 saturated heterocycles. The lowest BCUT2D eigenvalue weighted by atomic mass is 10.1. The van der Waals surface area contributed by atoms with Gasteiger partial charge in [0, 0.05) is 24.8 Å². The Morgan fingerprint density at radius 3 is 2.63 bits per heavy atom. The van der Waals surface area contributed by atoms with Crippen LogP contribution in [0, 0.1) is 0 Å². The number of anilines is 1. The Morgan fingerprint density at radius 2 is 1.97 bits per heavy atom. The first-order chi connectivity index (χ1) is 16.7. The number of nitrogens with zero attached hydrogens (tertiary/aromatic N) is 2. The van der Waals surface area contributed by atoms with Gasteiger partial charge in [-0.25, -0.2) is 22.8 Å². The molecule has 0 fully saturated rings.